The zero-order valence-corrected chi connectivity index (χ0v) is 10.2. The predicted octanol–water partition coefficient (Wildman–Crippen LogP) is 3.15. The summed E-state index contributed by atoms with van der Waals surface area (Å²) in [6.07, 6.45) is 2.46. The van der Waals surface area contributed by atoms with Gasteiger partial charge in [0.05, 0.1) is 11.7 Å². The third kappa shape index (κ3) is 2.14. The lowest BCUT2D eigenvalue weighted by atomic mass is 10.1. The molecule has 18 heavy (non-hydrogen) atoms. The highest BCUT2D eigenvalue weighted by molar-refractivity contribution is 5.22. The Morgan fingerprint density at radius 3 is 2.61 bits per heavy atom. The van der Waals surface area contributed by atoms with Gasteiger partial charge >= 0.3 is 0 Å². The predicted molar refractivity (Wildman–Crippen MR) is 64.4 cm³/mol. The van der Waals surface area contributed by atoms with Crippen LogP contribution in [-0.2, 0) is 14.5 Å². The fraction of sp³-hybridized carbons (Fsp3) is 0.429. The first-order chi connectivity index (χ1) is 8.74. The van der Waals surface area contributed by atoms with Gasteiger partial charge in [-0.1, -0.05) is 29.8 Å². The van der Waals surface area contributed by atoms with Gasteiger partial charge in [0, 0.05) is 5.56 Å². The first-order valence-electron chi connectivity index (χ1n) is 6.17. The highest BCUT2D eigenvalue weighted by atomic mass is 17.3. The minimum absolute atomic E-state index is 0.111. The fourth-order valence-corrected chi connectivity index (χ4v) is 2.28. The second-order valence-corrected chi connectivity index (χ2v) is 4.75. The summed E-state index contributed by atoms with van der Waals surface area (Å²) in [5.74, 6) is 0.230. The molecule has 3 unspecified atom stereocenters. The smallest absolute Gasteiger partial charge is 0.220 e. The van der Waals surface area contributed by atoms with Crippen LogP contribution in [0.2, 0.25) is 0 Å². The van der Waals surface area contributed by atoms with E-state index >= 15 is 0 Å². The summed E-state index contributed by atoms with van der Waals surface area (Å²) in [6, 6.07) is 7.91. The zero-order valence-electron chi connectivity index (χ0n) is 10.2. The Hall–Kier alpha value is -1.36. The quantitative estimate of drug-likeness (QED) is 0.817. The third-order valence-electron chi connectivity index (χ3n) is 3.38. The molecule has 4 nitrogen and oxygen atoms in total. The Balaban J connectivity index is 1.68. The van der Waals surface area contributed by atoms with E-state index in [0.29, 0.717) is 5.76 Å². The minimum Gasteiger partial charge on any atom is -0.512 e. The van der Waals surface area contributed by atoms with Gasteiger partial charge in [0.25, 0.3) is 0 Å². The Labute approximate surface area is 106 Å². The van der Waals surface area contributed by atoms with Crippen molar-refractivity contribution < 1.29 is 19.6 Å². The van der Waals surface area contributed by atoms with E-state index in [4.69, 9.17) is 14.5 Å². The standard InChI is InChI=1S/C14H16O4/c1-9-5-7-10(8-6-9)13-16-14(18-17-13)11-3-2-4-12(11)15/h4-8,11,13-15H,2-3H2,1H3. The van der Waals surface area contributed by atoms with Crippen molar-refractivity contribution in [3.05, 3.63) is 47.2 Å². The summed E-state index contributed by atoms with van der Waals surface area (Å²) >= 11 is 0. The first-order valence-corrected chi connectivity index (χ1v) is 6.17. The number of hydrogen-bond acceptors (Lipinski definition) is 4. The normalized spacial score (nSPS) is 31.6. The Kier molecular flexibility index (Phi) is 3.07. The molecular formula is C14H16O4. The second kappa shape index (κ2) is 4.72. The van der Waals surface area contributed by atoms with Gasteiger partial charge in [-0.15, -0.1) is 0 Å². The number of benzene rings is 1. The van der Waals surface area contributed by atoms with Crippen LogP contribution in [-0.4, -0.2) is 11.4 Å². The molecule has 0 aromatic heterocycles. The molecule has 1 aromatic carbocycles. The van der Waals surface area contributed by atoms with Crippen molar-refractivity contribution in [1.29, 1.82) is 0 Å². The molecule has 1 aliphatic heterocycles. The molecule has 1 N–H and O–H groups in total. The van der Waals surface area contributed by atoms with Crippen LogP contribution < -0.4 is 0 Å². The molecule has 0 amide bonds. The summed E-state index contributed by atoms with van der Waals surface area (Å²) in [4.78, 5) is 10.4. The Bertz CT molecular complexity index is 451. The van der Waals surface area contributed by atoms with E-state index < -0.39 is 12.6 Å². The molecule has 1 heterocycles. The maximum atomic E-state index is 9.69. The lowest BCUT2D eigenvalue weighted by Crippen LogP contribution is -2.21. The number of allylic oxidation sites excluding steroid dienone is 1. The lowest BCUT2D eigenvalue weighted by molar-refractivity contribution is -0.305. The third-order valence-corrected chi connectivity index (χ3v) is 3.38. The van der Waals surface area contributed by atoms with Gasteiger partial charge in [-0.05, 0) is 25.8 Å². The molecule has 96 valence electrons. The van der Waals surface area contributed by atoms with Gasteiger partial charge in [0.1, 0.15) is 0 Å². The van der Waals surface area contributed by atoms with Crippen LogP contribution in [0.25, 0.3) is 0 Å². The van der Waals surface area contributed by atoms with E-state index in [9.17, 15) is 5.11 Å². The van der Waals surface area contributed by atoms with Gasteiger partial charge in [-0.2, -0.15) is 4.89 Å². The number of rotatable bonds is 2. The van der Waals surface area contributed by atoms with Crippen LogP contribution in [0.3, 0.4) is 0 Å². The van der Waals surface area contributed by atoms with Crippen molar-refractivity contribution in [3.8, 4) is 0 Å². The second-order valence-electron chi connectivity index (χ2n) is 4.75. The zero-order chi connectivity index (χ0) is 12.5. The van der Waals surface area contributed by atoms with Crippen molar-refractivity contribution in [2.45, 2.75) is 32.3 Å². The first kappa shape index (κ1) is 11.7. The van der Waals surface area contributed by atoms with Crippen LogP contribution in [0.15, 0.2) is 36.1 Å². The number of aliphatic hydroxyl groups excluding tert-OH is 1. The average Bonchev–Trinajstić information content (AvgIpc) is 2.98. The van der Waals surface area contributed by atoms with Crippen molar-refractivity contribution in [2.24, 2.45) is 5.92 Å². The molecule has 0 radical (unpaired) electrons. The van der Waals surface area contributed by atoms with Crippen LogP contribution >= 0.6 is 0 Å². The van der Waals surface area contributed by atoms with Gasteiger partial charge in [-0.25, -0.2) is 4.89 Å². The van der Waals surface area contributed by atoms with Crippen LogP contribution in [0.1, 0.15) is 30.3 Å². The molecular weight excluding hydrogens is 232 g/mol. The largest absolute Gasteiger partial charge is 0.512 e. The van der Waals surface area contributed by atoms with Crippen molar-refractivity contribution in [2.75, 3.05) is 0 Å². The summed E-state index contributed by atoms with van der Waals surface area (Å²) in [7, 11) is 0. The van der Waals surface area contributed by atoms with Crippen LogP contribution in [0, 0.1) is 12.8 Å². The molecule has 2 aliphatic rings. The summed E-state index contributed by atoms with van der Waals surface area (Å²) in [6.45, 7) is 2.03. The van der Waals surface area contributed by atoms with Crippen LogP contribution in [0.5, 0.6) is 0 Å². The highest BCUT2D eigenvalue weighted by Crippen LogP contribution is 2.37. The average molecular weight is 248 g/mol. The molecule has 0 spiro atoms. The van der Waals surface area contributed by atoms with E-state index in [1.807, 2.05) is 31.2 Å². The summed E-state index contributed by atoms with van der Waals surface area (Å²) < 4.78 is 5.70. The molecule has 1 aromatic rings. The van der Waals surface area contributed by atoms with Gasteiger partial charge in [0.2, 0.25) is 12.6 Å². The van der Waals surface area contributed by atoms with Crippen molar-refractivity contribution >= 4 is 0 Å². The Morgan fingerprint density at radius 2 is 1.94 bits per heavy atom. The Morgan fingerprint density at radius 1 is 1.17 bits per heavy atom. The minimum atomic E-state index is -0.518. The monoisotopic (exact) mass is 248 g/mol. The highest BCUT2D eigenvalue weighted by Gasteiger charge is 2.38. The molecule has 4 heteroatoms. The fourth-order valence-electron chi connectivity index (χ4n) is 2.28. The lowest BCUT2D eigenvalue weighted by Gasteiger charge is -2.15. The van der Waals surface area contributed by atoms with E-state index in [-0.39, 0.29) is 5.92 Å². The number of hydrogen-bond donors (Lipinski definition) is 1. The van der Waals surface area contributed by atoms with E-state index in [1.54, 1.807) is 6.08 Å². The van der Waals surface area contributed by atoms with Crippen molar-refractivity contribution in [3.63, 3.8) is 0 Å². The number of ether oxygens (including phenoxy) is 1. The summed E-state index contributed by atoms with van der Waals surface area (Å²) in [5, 5.41) is 9.69. The molecule has 3 rings (SSSR count). The van der Waals surface area contributed by atoms with Crippen LogP contribution in [0.4, 0.5) is 0 Å². The number of aryl methyl sites for hydroxylation is 1. The summed E-state index contributed by atoms with van der Waals surface area (Å²) in [5.41, 5.74) is 2.11. The molecule has 1 aliphatic carbocycles. The van der Waals surface area contributed by atoms with E-state index in [1.165, 1.54) is 5.56 Å². The maximum absolute atomic E-state index is 9.69. The maximum Gasteiger partial charge on any atom is 0.220 e. The molecule has 1 fully saturated rings. The van der Waals surface area contributed by atoms with E-state index in [2.05, 4.69) is 0 Å². The van der Waals surface area contributed by atoms with Gasteiger partial charge in [-0.3, -0.25) is 0 Å². The van der Waals surface area contributed by atoms with Gasteiger partial charge < -0.3 is 9.84 Å². The molecule has 3 atom stereocenters. The topological polar surface area (TPSA) is 47.9 Å². The molecule has 0 saturated carbocycles. The molecule has 0 bridgehead atoms. The number of aliphatic hydroxyl groups is 1. The SMILES string of the molecule is Cc1ccc(C2OOC(C3CCC=C3O)O2)cc1. The molecule has 1 saturated heterocycles. The van der Waals surface area contributed by atoms with Crippen molar-refractivity contribution in [1.82, 2.24) is 0 Å². The van der Waals surface area contributed by atoms with E-state index in [0.717, 1.165) is 18.4 Å². The van der Waals surface area contributed by atoms with Gasteiger partial charge in [0.15, 0.2) is 0 Å².